The topological polar surface area (TPSA) is 50.3 Å². The summed E-state index contributed by atoms with van der Waals surface area (Å²) in [6, 6.07) is 0. The van der Waals surface area contributed by atoms with Crippen LogP contribution in [0.1, 0.15) is 13.8 Å². The van der Waals surface area contributed by atoms with Crippen molar-refractivity contribution in [1.29, 1.82) is 0 Å². The molecule has 1 aliphatic heterocycles. The van der Waals surface area contributed by atoms with Crippen LogP contribution in [0.25, 0.3) is 0 Å². The Kier molecular flexibility index (Phi) is 5.36. The molecule has 1 saturated heterocycles. The fraction of sp³-hybridized carbons (Fsp3) is 0.692. The predicted molar refractivity (Wildman–Crippen MR) is 76.5 cm³/mol. The zero-order valence-electron chi connectivity index (χ0n) is 11.5. The van der Waals surface area contributed by atoms with Crippen molar-refractivity contribution in [3.8, 4) is 0 Å². The summed E-state index contributed by atoms with van der Waals surface area (Å²) in [5.74, 6) is 1.35. The van der Waals surface area contributed by atoms with E-state index in [0.717, 1.165) is 26.2 Å². The lowest BCUT2D eigenvalue weighted by atomic mass is 10.2. The first kappa shape index (κ1) is 14.5. The van der Waals surface area contributed by atoms with Gasteiger partial charge in [-0.25, -0.2) is 9.97 Å². The SMILES string of the molecule is CC(C)CN1CCOC(CNc2ncncc2Cl)C1. The van der Waals surface area contributed by atoms with Gasteiger partial charge in [0.05, 0.1) is 18.9 Å². The summed E-state index contributed by atoms with van der Waals surface area (Å²) in [5.41, 5.74) is 0. The van der Waals surface area contributed by atoms with Crippen molar-refractivity contribution in [2.24, 2.45) is 5.92 Å². The molecule has 106 valence electrons. The van der Waals surface area contributed by atoms with Gasteiger partial charge in [0.15, 0.2) is 0 Å². The first-order valence-electron chi connectivity index (χ1n) is 6.68. The van der Waals surface area contributed by atoms with E-state index in [4.69, 9.17) is 16.3 Å². The molecule has 2 heterocycles. The van der Waals surface area contributed by atoms with Gasteiger partial charge in [-0.1, -0.05) is 25.4 Å². The molecule has 0 saturated carbocycles. The number of anilines is 1. The molecule has 1 aliphatic rings. The largest absolute Gasteiger partial charge is 0.374 e. The maximum atomic E-state index is 6.00. The second-order valence-corrected chi connectivity index (χ2v) is 5.65. The maximum absolute atomic E-state index is 6.00. The average molecular weight is 285 g/mol. The normalized spacial score (nSPS) is 20.7. The standard InChI is InChI=1S/C13H21ClN4O/c1-10(2)7-18-3-4-19-11(8-18)5-16-13-12(14)6-15-9-17-13/h6,9-11H,3-5,7-8H2,1-2H3,(H,15,16,17). The molecule has 1 fully saturated rings. The van der Waals surface area contributed by atoms with Gasteiger partial charge in [0.2, 0.25) is 0 Å². The Bertz CT molecular complexity index is 402. The van der Waals surface area contributed by atoms with E-state index in [-0.39, 0.29) is 6.10 Å². The highest BCUT2D eigenvalue weighted by Gasteiger charge is 2.21. The van der Waals surface area contributed by atoms with E-state index < -0.39 is 0 Å². The van der Waals surface area contributed by atoms with Gasteiger partial charge in [-0.3, -0.25) is 4.90 Å². The first-order valence-corrected chi connectivity index (χ1v) is 7.06. The third-order valence-corrected chi connectivity index (χ3v) is 3.29. The highest BCUT2D eigenvalue weighted by atomic mass is 35.5. The van der Waals surface area contributed by atoms with Crippen molar-refractivity contribution < 1.29 is 4.74 Å². The van der Waals surface area contributed by atoms with Gasteiger partial charge in [0.25, 0.3) is 0 Å². The van der Waals surface area contributed by atoms with E-state index in [9.17, 15) is 0 Å². The summed E-state index contributed by atoms with van der Waals surface area (Å²) >= 11 is 6.00. The highest BCUT2D eigenvalue weighted by molar-refractivity contribution is 6.32. The molecule has 0 radical (unpaired) electrons. The molecule has 0 aromatic carbocycles. The number of nitrogens with zero attached hydrogens (tertiary/aromatic N) is 3. The molecule has 0 aliphatic carbocycles. The van der Waals surface area contributed by atoms with Crippen LogP contribution in [0.5, 0.6) is 0 Å². The average Bonchev–Trinajstić information content (AvgIpc) is 2.37. The van der Waals surface area contributed by atoms with Crippen molar-refractivity contribution in [3.05, 3.63) is 17.5 Å². The van der Waals surface area contributed by atoms with Gasteiger partial charge in [-0.15, -0.1) is 0 Å². The van der Waals surface area contributed by atoms with E-state index in [1.54, 1.807) is 6.20 Å². The zero-order valence-corrected chi connectivity index (χ0v) is 12.2. The molecular weight excluding hydrogens is 264 g/mol. The van der Waals surface area contributed by atoms with E-state index in [2.05, 4.69) is 34.0 Å². The van der Waals surface area contributed by atoms with Crippen LogP contribution in [0, 0.1) is 5.92 Å². The van der Waals surface area contributed by atoms with Gasteiger partial charge >= 0.3 is 0 Å². The van der Waals surface area contributed by atoms with Crippen molar-refractivity contribution in [2.75, 3.05) is 38.1 Å². The minimum absolute atomic E-state index is 0.179. The molecule has 0 bridgehead atoms. The van der Waals surface area contributed by atoms with E-state index >= 15 is 0 Å². The number of hydrogen-bond donors (Lipinski definition) is 1. The van der Waals surface area contributed by atoms with Crippen LogP contribution < -0.4 is 5.32 Å². The van der Waals surface area contributed by atoms with E-state index in [1.165, 1.54) is 6.33 Å². The monoisotopic (exact) mass is 284 g/mol. The molecule has 19 heavy (non-hydrogen) atoms. The van der Waals surface area contributed by atoms with Crippen LogP contribution in [-0.4, -0.2) is 53.8 Å². The van der Waals surface area contributed by atoms with Gasteiger partial charge in [-0.2, -0.15) is 0 Å². The lowest BCUT2D eigenvalue weighted by molar-refractivity contribution is -0.0244. The van der Waals surface area contributed by atoms with Crippen LogP contribution in [0.15, 0.2) is 12.5 Å². The molecular formula is C13H21ClN4O. The first-order chi connectivity index (χ1) is 9.15. The molecule has 1 atom stereocenters. The number of hydrogen-bond acceptors (Lipinski definition) is 5. The Hall–Kier alpha value is -0.910. The zero-order chi connectivity index (χ0) is 13.7. The Morgan fingerprint density at radius 2 is 2.42 bits per heavy atom. The minimum atomic E-state index is 0.179. The summed E-state index contributed by atoms with van der Waals surface area (Å²) < 4.78 is 5.76. The van der Waals surface area contributed by atoms with Crippen LogP contribution in [0.4, 0.5) is 5.82 Å². The number of rotatable bonds is 5. The summed E-state index contributed by atoms with van der Waals surface area (Å²) in [6.07, 6.45) is 3.25. The van der Waals surface area contributed by atoms with Gasteiger partial charge in [0, 0.05) is 26.2 Å². The van der Waals surface area contributed by atoms with Crippen LogP contribution >= 0.6 is 11.6 Å². The molecule has 1 unspecified atom stereocenters. The van der Waals surface area contributed by atoms with Crippen molar-refractivity contribution >= 4 is 17.4 Å². The number of morpholine rings is 1. The molecule has 1 aromatic rings. The smallest absolute Gasteiger partial charge is 0.148 e. The summed E-state index contributed by atoms with van der Waals surface area (Å²) in [7, 11) is 0. The number of aromatic nitrogens is 2. The molecule has 1 aromatic heterocycles. The van der Waals surface area contributed by atoms with Gasteiger partial charge < -0.3 is 10.1 Å². The van der Waals surface area contributed by atoms with Crippen LogP contribution in [0.3, 0.4) is 0 Å². The lowest BCUT2D eigenvalue weighted by Gasteiger charge is -2.34. The second-order valence-electron chi connectivity index (χ2n) is 5.25. The maximum Gasteiger partial charge on any atom is 0.148 e. The molecule has 0 spiro atoms. The van der Waals surface area contributed by atoms with Crippen LogP contribution in [0.2, 0.25) is 5.02 Å². The Morgan fingerprint density at radius 1 is 1.58 bits per heavy atom. The fourth-order valence-electron chi connectivity index (χ4n) is 2.24. The highest BCUT2D eigenvalue weighted by Crippen LogP contribution is 2.16. The Morgan fingerprint density at radius 3 is 3.16 bits per heavy atom. The van der Waals surface area contributed by atoms with Crippen molar-refractivity contribution in [1.82, 2.24) is 14.9 Å². The predicted octanol–water partition coefficient (Wildman–Crippen LogP) is 1.90. The molecule has 2 rings (SSSR count). The third kappa shape index (κ3) is 4.60. The molecule has 0 amide bonds. The van der Waals surface area contributed by atoms with Crippen LogP contribution in [-0.2, 0) is 4.74 Å². The van der Waals surface area contributed by atoms with Crippen molar-refractivity contribution in [2.45, 2.75) is 20.0 Å². The fourth-order valence-corrected chi connectivity index (χ4v) is 2.41. The summed E-state index contributed by atoms with van der Waals surface area (Å²) in [4.78, 5) is 10.4. The number of ether oxygens (including phenoxy) is 1. The number of halogens is 1. The Balaban J connectivity index is 1.81. The quantitative estimate of drug-likeness (QED) is 0.895. The third-order valence-electron chi connectivity index (χ3n) is 3.01. The number of nitrogens with one attached hydrogen (secondary N) is 1. The van der Waals surface area contributed by atoms with E-state index in [0.29, 0.717) is 23.3 Å². The Labute approximate surface area is 119 Å². The summed E-state index contributed by atoms with van der Waals surface area (Å²) in [5, 5.41) is 3.76. The molecule has 6 heteroatoms. The van der Waals surface area contributed by atoms with Gasteiger partial charge in [-0.05, 0) is 5.92 Å². The van der Waals surface area contributed by atoms with Crippen molar-refractivity contribution in [3.63, 3.8) is 0 Å². The minimum Gasteiger partial charge on any atom is -0.374 e. The summed E-state index contributed by atoms with van der Waals surface area (Å²) in [6.45, 7) is 9.07. The molecule has 1 N–H and O–H groups in total. The second kappa shape index (κ2) is 7.03. The van der Waals surface area contributed by atoms with E-state index in [1.807, 2.05) is 0 Å². The van der Waals surface area contributed by atoms with Gasteiger partial charge in [0.1, 0.15) is 17.2 Å². The molecule has 5 nitrogen and oxygen atoms in total. The lowest BCUT2D eigenvalue weighted by Crippen LogP contribution is -2.46.